The van der Waals surface area contributed by atoms with Crippen molar-refractivity contribution in [3.63, 3.8) is 0 Å². The number of hydrogen-bond donors (Lipinski definition) is 1. The molecule has 0 aliphatic heterocycles. The normalized spacial score (nSPS) is 10.4. The zero-order chi connectivity index (χ0) is 11.4. The molecule has 2 aromatic rings. The molecule has 2 rings (SSSR count). The molecule has 84 valence electrons. The van der Waals surface area contributed by atoms with E-state index >= 15 is 0 Å². The average molecular weight is 235 g/mol. The van der Waals surface area contributed by atoms with Gasteiger partial charge in [0, 0.05) is 0 Å². The van der Waals surface area contributed by atoms with Crippen LogP contribution in [0.1, 0.15) is 10.6 Å². The lowest BCUT2D eigenvalue weighted by Crippen LogP contribution is -2.02. The highest BCUT2D eigenvalue weighted by molar-refractivity contribution is 7.13. The van der Waals surface area contributed by atoms with E-state index in [9.17, 15) is 0 Å². The molecular formula is C11H13N3OS. The Labute approximate surface area is 98.1 Å². The minimum atomic E-state index is 0.573. The van der Waals surface area contributed by atoms with Crippen LogP contribution >= 0.6 is 11.3 Å². The molecule has 0 amide bonds. The summed E-state index contributed by atoms with van der Waals surface area (Å²) in [6, 6.07) is 7.86. The summed E-state index contributed by atoms with van der Waals surface area (Å²) in [5.74, 6) is 0.775. The van der Waals surface area contributed by atoms with Crippen molar-refractivity contribution in [2.45, 2.75) is 13.3 Å². The number of aromatic nitrogens is 2. The maximum absolute atomic E-state index is 5.55. The van der Waals surface area contributed by atoms with E-state index in [0.29, 0.717) is 11.7 Å². The van der Waals surface area contributed by atoms with E-state index in [0.717, 1.165) is 17.2 Å². The van der Waals surface area contributed by atoms with Gasteiger partial charge in [-0.1, -0.05) is 28.6 Å². The maximum atomic E-state index is 5.55. The van der Waals surface area contributed by atoms with Gasteiger partial charge in [-0.25, -0.2) is 0 Å². The molecule has 0 fully saturated rings. The summed E-state index contributed by atoms with van der Waals surface area (Å²) in [6.07, 6.45) is 0.887. The second-order valence-corrected chi connectivity index (χ2v) is 4.52. The van der Waals surface area contributed by atoms with Crippen molar-refractivity contribution >= 4 is 11.3 Å². The Morgan fingerprint density at radius 3 is 2.56 bits per heavy atom. The van der Waals surface area contributed by atoms with E-state index in [4.69, 9.17) is 10.5 Å². The number of benzene rings is 1. The molecule has 5 heteroatoms. The van der Waals surface area contributed by atoms with Crippen molar-refractivity contribution in [2.75, 3.05) is 6.54 Å². The van der Waals surface area contributed by atoms with Crippen molar-refractivity contribution in [3.05, 3.63) is 34.8 Å². The van der Waals surface area contributed by atoms with Crippen molar-refractivity contribution in [3.8, 4) is 10.9 Å². The van der Waals surface area contributed by atoms with Crippen LogP contribution in [-0.4, -0.2) is 16.7 Å². The van der Waals surface area contributed by atoms with Crippen LogP contribution in [0.25, 0.3) is 0 Å². The predicted octanol–water partition coefficient (Wildman–Crippen LogP) is 2.14. The molecule has 0 unspecified atom stereocenters. The lowest BCUT2D eigenvalue weighted by molar-refractivity contribution is 0.473. The zero-order valence-corrected chi connectivity index (χ0v) is 9.83. The number of nitrogens with zero attached hydrogens (tertiary/aromatic N) is 2. The van der Waals surface area contributed by atoms with Crippen LogP contribution < -0.4 is 10.5 Å². The smallest absolute Gasteiger partial charge is 0.299 e. The first kappa shape index (κ1) is 11.0. The van der Waals surface area contributed by atoms with E-state index < -0.39 is 0 Å². The Hall–Kier alpha value is -1.46. The molecule has 1 heterocycles. The molecule has 16 heavy (non-hydrogen) atoms. The third-order valence-corrected chi connectivity index (χ3v) is 2.79. The van der Waals surface area contributed by atoms with Crippen molar-refractivity contribution in [2.24, 2.45) is 5.73 Å². The van der Waals surface area contributed by atoms with Gasteiger partial charge in [0.15, 0.2) is 0 Å². The van der Waals surface area contributed by atoms with E-state index in [1.807, 2.05) is 31.2 Å². The van der Waals surface area contributed by atoms with Gasteiger partial charge in [-0.15, -0.1) is 5.10 Å². The largest absolute Gasteiger partial charge is 0.430 e. The monoisotopic (exact) mass is 235 g/mol. The number of aryl methyl sites for hydroxylation is 1. The van der Waals surface area contributed by atoms with Crippen molar-refractivity contribution in [1.82, 2.24) is 10.2 Å². The number of ether oxygens (including phenoxy) is 1. The zero-order valence-electron chi connectivity index (χ0n) is 9.01. The third-order valence-electron chi connectivity index (χ3n) is 2.07. The van der Waals surface area contributed by atoms with Crippen molar-refractivity contribution in [1.29, 1.82) is 0 Å². The van der Waals surface area contributed by atoms with Gasteiger partial charge in [0.1, 0.15) is 10.8 Å². The molecular weight excluding hydrogens is 222 g/mol. The molecule has 0 saturated carbocycles. The van der Waals surface area contributed by atoms with Crippen molar-refractivity contribution < 1.29 is 4.74 Å². The molecule has 1 aromatic carbocycles. The van der Waals surface area contributed by atoms with Gasteiger partial charge in [0.05, 0.1) is 0 Å². The fraction of sp³-hybridized carbons (Fsp3) is 0.273. The number of hydrogen-bond acceptors (Lipinski definition) is 5. The maximum Gasteiger partial charge on any atom is 0.299 e. The first-order valence-corrected chi connectivity index (χ1v) is 5.86. The molecule has 0 atom stereocenters. The number of nitrogens with two attached hydrogens (primary N) is 1. The van der Waals surface area contributed by atoms with Crippen LogP contribution in [0.2, 0.25) is 0 Å². The van der Waals surface area contributed by atoms with Crippen LogP contribution in [0.15, 0.2) is 24.3 Å². The fourth-order valence-electron chi connectivity index (χ4n) is 1.31. The molecule has 0 aliphatic rings. The molecule has 0 radical (unpaired) electrons. The van der Waals surface area contributed by atoms with Crippen LogP contribution in [0.5, 0.6) is 10.9 Å². The summed E-state index contributed by atoms with van der Waals surface area (Å²) < 4.78 is 5.55. The van der Waals surface area contributed by atoms with E-state index in [2.05, 4.69) is 10.2 Å². The summed E-state index contributed by atoms with van der Waals surface area (Å²) in [5.41, 5.74) is 6.69. The van der Waals surface area contributed by atoms with Gasteiger partial charge in [0.25, 0.3) is 5.19 Å². The van der Waals surface area contributed by atoms with Gasteiger partial charge in [-0.05, 0) is 37.6 Å². The Bertz CT molecular complexity index is 453. The quantitative estimate of drug-likeness (QED) is 0.882. The molecule has 1 aromatic heterocycles. The van der Waals surface area contributed by atoms with Gasteiger partial charge < -0.3 is 10.5 Å². The second kappa shape index (κ2) is 5.05. The number of rotatable bonds is 4. The Balaban J connectivity index is 2.05. The standard InChI is InChI=1S/C11H13N3OS/c1-8-13-14-11(16-8)15-10-4-2-9(3-5-10)6-7-12/h2-5H,6-7,12H2,1H3. The van der Waals surface area contributed by atoms with Crippen LogP contribution in [-0.2, 0) is 6.42 Å². The minimum absolute atomic E-state index is 0.573. The van der Waals surface area contributed by atoms with E-state index in [1.165, 1.54) is 16.9 Å². The SMILES string of the molecule is Cc1nnc(Oc2ccc(CCN)cc2)s1. The first-order valence-electron chi connectivity index (χ1n) is 5.05. The van der Waals surface area contributed by atoms with Crippen LogP contribution in [0, 0.1) is 6.92 Å². The Morgan fingerprint density at radius 1 is 1.25 bits per heavy atom. The predicted molar refractivity (Wildman–Crippen MR) is 63.9 cm³/mol. The first-order chi connectivity index (χ1) is 7.78. The van der Waals surface area contributed by atoms with Gasteiger partial charge >= 0.3 is 0 Å². The molecule has 0 spiro atoms. The topological polar surface area (TPSA) is 61.0 Å². The molecule has 4 nitrogen and oxygen atoms in total. The summed E-state index contributed by atoms with van der Waals surface area (Å²) in [5, 5.41) is 9.25. The minimum Gasteiger partial charge on any atom is -0.430 e. The lowest BCUT2D eigenvalue weighted by Gasteiger charge is -2.02. The highest BCUT2D eigenvalue weighted by atomic mass is 32.1. The second-order valence-electron chi connectivity index (χ2n) is 3.37. The van der Waals surface area contributed by atoms with Crippen LogP contribution in [0.4, 0.5) is 0 Å². The van der Waals surface area contributed by atoms with E-state index in [-0.39, 0.29) is 0 Å². The van der Waals surface area contributed by atoms with E-state index in [1.54, 1.807) is 0 Å². The molecule has 0 bridgehead atoms. The Morgan fingerprint density at radius 2 is 2.00 bits per heavy atom. The highest BCUT2D eigenvalue weighted by Gasteiger charge is 2.02. The Kier molecular flexibility index (Phi) is 3.48. The van der Waals surface area contributed by atoms with Gasteiger partial charge in [0.2, 0.25) is 0 Å². The van der Waals surface area contributed by atoms with Gasteiger partial charge in [-0.3, -0.25) is 0 Å². The van der Waals surface area contributed by atoms with Gasteiger partial charge in [-0.2, -0.15) is 0 Å². The van der Waals surface area contributed by atoms with Crippen LogP contribution in [0.3, 0.4) is 0 Å². The summed E-state index contributed by atoms with van der Waals surface area (Å²) in [7, 11) is 0. The summed E-state index contributed by atoms with van der Waals surface area (Å²) in [4.78, 5) is 0. The molecule has 2 N–H and O–H groups in total. The summed E-state index contributed by atoms with van der Waals surface area (Å²) >= 11 is 1.43. The highest BCUT2D eigenvalue weighted by Crippen LogP contribution is 2.24. The molecule has 0 saturated heterocycles. The fourth-order valence-corrected chi connectivity index (χ4v) is 1.87. The summed E-state index contributed by atoms with van der Waals surface area (Å²) in [6.45, 7) is 2.56. The lowest BCUT2D eigenvalue weighted by atomic mass is 10.1. The third kappa shape index (κ3) is 2.77. The molecule has 0 aliphatic carbocycles. The average Bonchev–Trinajstić information content (AvgIpc) is 2.67.